The number of nitrogens with two attached hydrogens (primary N) is 1. The molecule has 0 bridgehead atoms. The summed E-state index contributed by atoms with van der Waals surface area (Å²) in [7, 11) is 1.59. The standard InChI is InChI=1S/C20H24N4O3/c1-5-17(14-8-10-15(25-4)11-9-14)18(12-21)16(23)24-20(26-6-2,27-7-3)19(17,18)13-22/h8-11H,5-7H2,1-4H3,(H2,23,24)/p+1/t17-,18-,19+/m0/s1. The Morgan fingerprint density at radius 1 is 1.04 bits per heavy atom. The smallest absolute Gasteiger partial charge is 0.343 e. The van der Waals surface area contributed by atoms with Crippen LogP contribution in [0.1, 0.15) is 32.8 Å². The first-order chi connectivity index (χ1) is 13.0. The van der Waals surface area contributed by atoms with Gasteiger partial charge in [0, 0.05) is 0 Å². The van der Waals surface area contributed by atoms with Gasteiger partial charge in [0.25, 0.3) is 5.84 Å². The third-order valence-corrected chi connectivity index (χ3v) is 6.12. The van der Waals surface area contributed by atoms with Gasteiger partial charge in [-0.25, -0.2) is 4.99 Å². The molecule has 1 fully saturated rings. The molecule has 0 radical (unpaired) electrons. The Morgan fingerprint density at radius 2 is 1.63 bits per heavy atom. The number of rotatable bonds is 7. The molecule has 0 unspecified atom stereocenters. The minimum atomic E-state index is -1.49. The second-order valence-electron chi connectivity index (χ2n) is 6.73. The first kappa shape index (κ1) is 19.2. The molecule has 3 rings (SSSR count). The van der Waals surface area contributed by atoms with Crippen molar-refractivity contribution in [2.45, 2.75) is 38.5 Å². The van der Waals surface area contributed by atoms with Crippen LogP contribution in [-0.2, 0) is 14.9 Å². The van der Waals surface area contributed by atoms with Crippen LogP contribution in [0.15, 0.2) is 24.3 Å². The lowest BCUT2D eigenvalue weighted by Gasteiger charge is -2.33. The molecule has 2 aliphatic rings. The molecule has 142 valence electrons. The maximum Gasteiger partial charge on any atom is 0.343 e. The summed E-state index contributed by atoms with van der Waals surface area (Å²) in [6.07, 6.45) is 0.519. The maximum atomic E-state index is 10.4. The molecule has 0 saturated heterocycles. The van der Waals surface area contributed by atoms with Crippen LogP contribution in [-0.4, -0.2) is 32.1 Å². The van der Waals surface area contributed by atoms with E-state index in [1.807, 2.05) is 45.0 Å². The van der Waals surface area contributed by atoms with Gasteiger partial charge < -0.3 is 14.2 Å². The average molecular weight is 369 g/mol. The molecule has 0 amide bonds. The molecule has 1 aromatic rings. The third kappa shape index (κ3) is 1.79. The number of ether oxygens (including phenoxy) is 3. The molecule has 1 aliphatic carbocycles. The van der Waals surface area contributed by atoms with Gasteiger partial charge in [-0.05, 0) is 38.0 Å². The zero-order valence-corrected chi connectivity index (χ0v) is 16.1. The van der Waals surface area contributed by atoms with E-state index >= 15 is 0 Å². The summed E-state index contributed by atoms with van der Waals surface area (Å²) in [6.45, 7) is 6.19. The van der Waals surface area contributed by atoms with E-state index < -0.39 is 22.2 Å². The van der Waals surface area contributed by atoms with Gasteiger partial charge in [0.15, 0.2) is 10.8 Å². The second kappa shape index (κ2) is 6.23. The van der Waals surface area contributed by atoms with Gasteiger partial charge in [0.2, 0.25) is 0 Å². The van der Waals surface area contributed by atoms with Crippen molar-refractivity contribution in [1.82, 2.24) is 0 Å². The van der Waals surface area contributed by atoms with Gasteiger partial charge in [0.1, 0.15) is 5.75 Å². The summed E-state index contributed by atoms with van der Waals surface area (Å²) in [5.41, 5.74) is 3.74. The molecular weight excluding hydrogens is 344 g/mol. The lowest BCUT2D eigenvalue weighted by Crippen LogP contribution is -2.91. The topological polar surface area (TPSA) is 115 Å². The highest BCUT2D eigenvalue weighted by atomic mass is 16.7. The Hall–Kier alpha value is -2.61. The van der Waals surface area contributed by atoms with Crippen LogP contribution >= 0.6 is 0 Å². The number of benzene rings is 1. The summed E-state index contributed by atoms with van der Waals surface area (Å²) in [5.74, 6) is -0.573. The molecule has 0 spiro atoms. The highest BCUT2D eigenvalue weighted by Gasteiger charge is 3.03. The monoisotopic (exact) mass is 369 g/mol. The van der Waals surface area contributed by atoms with E-state index in [2.05, 4.69) is 17.1 Å². The fourth-order valence-corrected chi connectivity index (χ4v) is 5.22. The molecule has 3 atom stereocenters. The van der Waals surface area contributed by atoms with Crippen LogP contribution in [0.3, 0.4) is 0 Å². The highest BCUT2D eigenvalue weighted by Crippen LogP contribution is 2.83. The van der Waals surface area contributed by atoms with Crippen LogP contribution in [0.5, 0.6) is 5.75 Å². The van der Waals surface area contributed by atoms with E-state index in [9.17, 15) is 10.5 Å². The number of hydrogen-bond acceptors (Lipinski definition) is 6. The lowest BCUT2D eigenvalue weighted by atomic mass is 9.80. The minimum Gasteiger partial charge on any atom is -0.497 e. The number of fused-ring (bicyclic) bond motifs is 1. The number of nitriles is 2. The van der Waals surface area contributed by atoms with E-state index in [0.717, 1.165) is 5.56 Å². The van der Waals surface area contributed by atoms with E-state index in [1.54, 1.807) is 7.11 Å². The van der Waals surface area contributed by atoms with Gasteiger partial charge in [-0.2, -0.15) is 10.5 Å². The molecule has 7 heteroatoms. The Balaban J connectivity index is 2.31. The van der Waals surface area contributed by atoms with Crippen LogP contribution in [0.25, 0.3) is 0 Å². The van der Waals surface area contributed by atoms with Crippen LogP contribution in [0.2, 0.25) is 0 Å². The summed E-state index contributed by atoms with van der Waals surface area (Å²) in [5, 5.41) is 20.7. The number of nitrogens with zero attached hydrogens (tertiary/aromatic N) is 2. The summed E-state index contributed by atoms with van der Waals surface area (Å²) < 4.78 is 17.2. The van der Waals surface area contributed by atoms with E-state index in [4.69, 9.17) is 19.9 Å². The Bertz CT molecular complexity index is 847. The predicted molar refractivity (Wildman–Crippen MR) is 97.2 cm³/mol. The normalized spacial score (nSPS) is 32.7. The van der Waals surface area contributed by atoms with Crippen molar-refractivity contribution < 1.29 is 19.2 Å². The van der Waals surface area contributed by atoms with Crippen molar-refractivity contribution >= 4 is 5.84 Å². The molecule has 1 aromatic carbocycles. The fourth-order valence-electron chi connectivity index (χ4n) is 5.22. The molecular formula is C20H25N4O3+. The molecule has 1 saturated carbocycles. The van der Waals surface area contributed by atoms with Gasteiger partial charge in [-0.1, -0.05) is 19.1 Å². The molecule has 27 heavy (non-hydrogen) atoms. The van der Waals surface area contributed by atoms with E-state index in [0.29, 0.717) is 25.4 Å². The van der Waals surface area contributed by atoms with Crippen molar-refractivity contribution in [2.24, 2.45) is 16.6 Å². The van der Waals surface area contributed by atoms with Gasteiger partial charge in [-0.15, -0.1) is 0 Å². The van der Waals surface area contributed by atoms with Gasteiger partial charge >= 0.3 is 5.91 Å². The largest absolute Gasteiger partial charge is 0.497 e. The third-order valence-electron chi connectivity index (χ3n) is 6.12. The zero-order valence-electron chi connectivity index (χ0n) is 16.1. The highest BCUT2D eigenvalue weighted by molar-refractivity contribution is 5.97. The number of amidine groups is 1. The van der Waals surface area contributed by atoms with E-state index in [-0.39, 0.29) is 5.84 Å². The van der Waals surface area contributed by atoms with Crippen LogP contribution < -0.4 is 15.5 Å². The molecule has 1 aliphatic heterocycles. The molecule has 7 nitrogen and oxygen atoms in total. The summed E-state index contributed by atoms with van der Waals surface area (Å²) in [6, 6.07) is 12.2. The zero-order chi connectivity index (χ0) is 19.9. The van der Waals surface area contributed by atoms with Crippen molar-refractivity contribution in [2.75, 3.05) is 20.3 Å². The first-order valence-corrected chi connectivity index (χ1v) is 9.13. The minimum absolute atomic E-state index is 0.214. The molecule has 3 N–H and O–H groups in total. The Labute approximate surface area is 159 Å². The van der Waals surface area contributed by atoms with E-state index in [1.165, 1.54) is 0 Å². The van der Waals surface area contributed by atoms with Crippen LogP contribution in [0, 0.1) is 33.5 Å². The Morgan fingerprint density at radius 3 is 2.04 bits per heavy atom. The number of hydrogen-bond donors (Lipinski definition) is 2. The van der Waals surface area contributed by atoms with Crippen molar-refractivity contribution in [3.05, 3.63) is 29.8 Å². The predicted octanol–water partition coefficient (Wildman–Crippen LogP) is 0.555. The van der Waals surface area contributed by atoms with Crippen molar-refractivity contribution in [3.8, 4) is 17.9 Å². The number of methoxy groups -OCH3 is 1. The van der Waals surface area contributed by atoms with Crippen molar-refractivity contribution in [3.63, 3.8) is 0 Å². The van der Waals surface area contributed by atoms with Crippen molar-refractivity contribution in [1.29, 1.82) is 10.5 Å². The second-order valence-corrected chi connectivity index (χ2v) is 6.73. The number of nitrogens with one attached hydrogen (secondary N) is 1. The lowest BCUT2D eigenvalue weighted by molar-refractivity contribution is -0.694. The molecule has 0 aromatic heterocycles. The van der Waals surface area contributed by atoms with Gasteiger partial charge in [-0.3, -0.25) is 5.73 Å². The molecule has 1 heterocycles. The van der Waals surface area contributed by atoms with Gasteiger partial charge in [0.05, 0.1) is 37.9 Å². The quantitative estimate of drug-likeness (QED) is 0.679. The average Bonchev–Trinajstić information content (AvgIpc) is 3.19. The van der Waals surface area contributed by atoms with Crippen LogP contribution in [0.4, 0.5) is 0 Å². The SMILES string of the molecule is CCOC1(OCC)[NH+]=C(N)[C@@]2(C#N)[C@](CC)(c3ccc(OC)cc3)[C@@]12C#N. The first-order valence-electron chi connectivity index (χ1n) is 9.13. The Kier molecular flexibility index (Phi) is 4.42. The maximum absolute atomic E-state index is 10.4. The summed E-state index contributed by atoms with van der Waals surface area (Å²) >= 11 is 0. The fraction of sp³-hybridized carbons (Fsp3) is 0.550. The summed E-state index contributed by atoms with van der Waals surface area (Å²) in [4.78, 5) is 3.01.